The number of fused-ring (bicyclic) bond motifs is 2. The van der Waals surface area contributed by atoms with Gasteiger partial charge in [-0.2, -0.15) is 0 Å². The monoisotopic (exact) mass is 313 g/mol. The van der Waals surface area contributed by atoms with Crippen LogP contribution in [0.1, 0.15) is 19.3 Å². The number of hydrogen-bond acceptors (Lipinski definition) is 2. The molecule has 2 aliphatic rings. The Bertz CT molecular complexity index is 474. The normalized spacial score (nSPS) is 29.6. The van der Waals surface area contributed by atoms with Crippen LogP contribution in [0.15, 0.2) is 22.7 Å². The Hall–Kier alpha value is -0.940. The summed E-state index contributed by atoms with van der Waals surface area (Å²) in [7, 11) is 0. The highest BCUT2D eigenvalue weighted by Crippen LogP contribution is 2.39. The van der Waals surface area contributed by atoms with Crippen molar-refractivity contribution in [2.75, 3.05) is 5.32 Å². The molecule has 2 fully saturated rings. The molecule has 1 N–H and O–H groups in total. The first-order chi connectivity index (χ1) is 8.65. The van der Waals surface area contributed by atoms with Gasteiger partial charge >= 0.3 is 0 Å². The van der Waals surface area contributed by atoms with E-state index in [-0.39, 0.29) is 29.7 Å². The molecule has 3 rings (SSSR count). The first-order valence-corrected chi connectivity index (χ1v) is 6.85. The van der Waals surface area contributed by atoms with Crippen molar-refractivity contribution >= 4 is 27.5 Å². The van der Waals surface area contributed by atoms with E-state index in [4.69, 9.17) is 4.74 Å². The molecule has 18 heavy (non-hydrogen) atoms. The van der Waals surface area contributed by atoms with Gasteiger partial charge in [-0.15, -0.1) is 0 Å². The highest BCUT2D eigenvalue weighted by Gasteiger charge is 2.44. The van der Waals surface area contributed by atoms with Crippen LogP contribution < -0.4 is 5.32 Å². The molecule has 0 aromatic heterocycles. The van der Waals surface area contributed by atoms with Crippen LogP contribution in [0.4, 0.5) is 10.1 Å². The van der Waals surface area contributed by atoms with Gasteiger partial charge in [-0.25, -0.2) is 4.39 Å². The van der Waals surface area contributed by atoms with Crippen LogP contribution in [0.25, 0.3) is 0 Å². The predicted octanol–water partition coefficient (Wildman–Crippen LogP) is 3.09. The third-order valence-corrected chi connectivity index (χ3v) is 4.31. The quantitative estimate of drug-likeness (QED) is 0.911. The zero-order valence-corrected chi connectivity index (χ0v) is 11.2. The molecule has 1 aromatic carbocycles. The van der Waals surface area contributed by atoms with Crippen molar-refractivity contribution in [2.24, 2.45) is 5.92 Å². The van der Waals surface area contributed by atoms with Crippen LogP contribution >= 0.6 is 15.9 Å². The maximum absolute atomic E-state index is 13.6. The molecule has 0 aliphatic carbocycles. The lowest BCUT2D eigenvalue weighted by atomic mass is 9.88. The summed E-state index contributed by atoms with van der Waals surface area (Å²) in [6.07, 6.45) is 2.96. The molecule has 96 valence electrons. The lowest BCUT2D eigenvalue weighted by molar-refractivity contribution is -0.121. The molecule has 0 saturated carbocycles. The predicted molar refractivity (Wildman–Crippen MR) is 68.7 cm³/mol. The first kappa shape index (κ1) is 12.1. The summed E-state index contributed by atoms with van der Waals surface area (Å²) in [5.74, 6) is -0.718. The van der Waals surface area contributed by atoms with E-state index in [1.54, 1.807) is 12.1 Å². The summed E-state index contributed by atoms with van der Waals surface area (Å²) >= 11 is 3.24. The molecule has 0 radical (unpaired) electrons. The van der Waals surface area contributed by atoms with E-state index >= 15 is 0 Å². The van der Waals surface area contributed by atoms with Crippen molar-refractivity contribution < 1.29 is 13.9 Å². The first-order valence-electron chi connectivity index (χ1n) is 6.05. The second-order valence-corrected chi connectivity index (χ2v) is 5.66. The van der Waals surface area contributed by atoms with Crippen LogP contribution in [0.5, 0.6) is 0 Å². The van der Waals surface area contributed by atoms with Crippen LogP contribution in [-0.2, 0) is 9.53 Å². The van der Waals surface area contributed by atoms with Crippen LogP contribution in [0.3, 0.4) is 0 Å². The Kier molecular flexibility index (Phi) is 3.11. The van der Waals surface area contributed by atoms with Crippen LogP contribution in [-0.4, -0.2) is 18.1 Å². The summed E-state index contributed by atoms with van der Waals surface area (Å²) in [6, 6.07) is 4.63. The maximum Gasteiger partial charge on any atom is 0.230 e. The van der Waals surface area contributed by atoms with Gasteiger partial charge in [0, 0.05) is 4.47 Å². The highest BCUT2D eigenvalue weighted by molar-refractivity contribution is 9.10. The second-order valence-electron chi connectivity index (χ2n) is 4.80. The minimum absolute atomic E-state index is 0.0144. The van der Waals surface area contributed by atoms with Crippen molar-refractivity contribution in [1.29, 1.82) is 0 Å². The Morgan fingerprint density at radius 3 is 2.89 bits per heavy atom. The summed E-state index contributed by atoms with van der Waals surface area (Å²) in [5.41, 5.74) is 0.213. The number of amides is 1. The number of para-hydroxylation sites is 1. The third kappa shape index (κ3) is 2.06. The van der Waals surface area contributed by atoms with E-state index in [1.165, 1.54) is 6.07 Å². The average Bonchev–Trinajstić information content (AvgIpc) is 2.96. The van der Waals surface area contributed by atoms with Gasteiger partial charge < -0.3 is 10.1 Å². The van der Waals surface area contributed by atoms with Gasteiger partial charge in [0.1, 0.15) is 5.82 Å². The van der Waals surface area contributed by atoms with E-state index in [0.717, 1.165) is 19.3 Å². The SMILES string of the molecule is O=C(Nc1c(F)cccc1Br)[C@@H]1C[C@H]2CC[C@@H]1O2. The van der Waals surface area contributed by atoms with Crippen molar-refractivity contribution in [3.05, 3.63) is 28.5 Å². The van der Waals surface area contributed by atoms with Crippen LogP contribution in [0.2, 0.25) is 0 Å². The van der Waals surface area contributed by atoms with E-state index in [1.807, 2.05) is 0 Å². The molecule has 0 unspecified atom stereocenters. The van der Waals surface area contributed by atoms with Crippen molar-refractivity contribution in [3.8, 4) is 0 Å². The number of rotatable bonds is 2. The molecule has 2 heterocycles. The van der Waals surface area contributed by atoms with Gasteiger partial charge in [-0.05, 0) is 47.3 Å². The number of carbonyl (C=O) groups is 1. The summed E-state index contributed by atoms with van der Waals surface area (Å²) in [4.78, 5) is 12.1. The highest BCUT2D eigenvalue weighted by atomic mass is 79.9. The smallest absolute Gasteiger partial charge is 0.230 e. The van der Waals surface area contributed by atoms with E-state index in [0.29, 0.717) is 4.47 Å². The molecule has 3 nitrogen and oxygen atoms in total. The Morgan fingerprint density at radius 2 is 2.28 bits per heavy atom. The Balaban J connectivity index is 1.75. The van der Waals surface area contributed by atoms with E-state index in [9.17, 15) is 9.18 Å². The fraction of sp³-hybridized carbons (Fsp3) is 0.462. The topological polar surface area (TPSA) is 38.3 Å². The van der Waals surface area contributed by atoms with Gasteiger partial charge in [-0.3, -0.25) is 4.79 Å². The Labute approximate surface area is 113 Å². The standard InChI is InChI=1S/C13H13BrFNO2/c14-9-2-1-3-10(15)12(9)16-13(17)8-6-7-4-5-11(8)18-7/h1-3,7-8,11H,4-6H2,(H,16,17)/t7-,8-,11+/m1/s1. The molecular weight excluding hydrogens is 301 g/mol. The fourth-order valence-electron chi connectivity index (χ4n) is 2.75. The number of hydrogen-bond donors (Lipinski definition) is 1. The minimum atomic E-state index is -0.429. The zero-order valence-electron chi connectivity index (χ0n) is 9.66. The number of benzene rings is 1. The number of ether oxygens (including phenoxy) is 1. The molecule has 2 aliphatic heterocycles. The van der Waals surface area contributed by atoms with E-state index in [2.05, 4.69) is 21.2 Å². The van der Waals surface area contributed by atoms with Gasteiger partial charge in [0.15, 0.2) is 0 Å². The molecule has 5 heteroatoms. The fourth-order valence-corrected chi connectivity index (χ4v) is 3.19. The van der Waals surface area contributed by atoms with Gasteiger partial charge in [0.25, 0.3) is 0 Å². The second kappa shape index (κ2) is 4.63. The third-order valence-electron chi connectivity index (χ3n) is 3.65. The number of anilines is 1. The largest absolute Gasteiger partial charge is 0.374 e. The van der Waals surface area contributed by atoms with Gasteiger partial charge in [-0.1, -0.05) is 6.07 Å². The number of carbonyl (C=O) groups excluding carboxylic acids is 1. The molecule has 2 bridgehead atoms. The molecule has 1 amide bonds. The molecule has 0 spiro atoms. The van der Waals surface area contributed by atoms with Crippen LogP contribution in [0, 0.1) is 11.7 Å². The number of halogens is 2. The maximum atomic E-state index is 13.6. The van der Waals surface area contributed by atoms with Gasteiger partial charge in [0.05, 0.1) is 23.8 Å². The number of nitrogens with one attached hydrogen (secondary N) is 1. The summed E-state index contributed by atoms with van der Waals surface area (Å²) in [6.45, 7) is 0. The van der Waals surface area contributed by atoms with Crippen molar-refractivity contribution in [2.45, 2.75) is 31.5 Å². The van der Waals surface area contributed by atoms with Gasteiger partial charge in [0.2, 0.25) is 5.91 Å². The van der Waals surface area contributed by atoms with Crippen molar-refractivity contribution in [1.82, 2.24) is 0 Å². The van der Waals surface area contributed by atoms with Crippen molar-refractivity contribution in [3.63, 3.8) is 0 Å². The average molecular weight is 314 g/mol. The summed E-state index contributed by atoms with van der Waals surface area (Å²) in [5, 5.41) is 2.66. The molecule has 2 saturated heterocycles. The molecule has 1 aromatic rings. The Morgan fingerprint density at radius 1 is 1.44 bits per heavy atom. The lowest BCUT2D eigenvalue weighted by Crippen LogP contribution is -2.30. The molecule has 3 atom stereocenters. The summed E-state index contributed by atoms with van der Waals surface area (Å²) < 4.78 is 19.8. The zero-order chi connectivity index (χ0) is 12.7. The van der Waals surface area contributed by atoms with E-state index < -0.39 is 5.82 Å². The minimum Gasteiger partial charge on any atom is -0.374 e. The lowest BCUT2D eigenvalue weighted by Gasteiger charge is -2.18. The molecular formula is C13H13BrFNO2.